The van der Waals surface area contributed by atoms with Gasteiger partial charge in [-0.05, 0) is 37.1 Å². The molecular weight excluding hydrogens is 250 g/mol. The number of nitrogens with one attached hydrogen (secondary N) is 1. The SMILES string of the molecule is CCn1ccnc1CC(=O)c1ccc2c(c1)CNCC2. The minimum Gasteiger partial charge on any atom is -0.335 e. The highest BCUT2D eigenvalue weighted by atomic mass is 16.1. The van der Waals surface area contributed by atoms with Crippen molar-refractivity contribution in [1.82, 2.24) is 14.9 Å². The number of nitrogens with zero attached hydrogens (tertiary/aromatic N) is 2. The first kappa shape index (κ1) is 13.1. The molecule has 2 aromatic rings. The number of imidazole rings is 1. The van der Waals surface area contributed by atoms with Crippen LogP contribution in [0.4, 0.5) is 0 Å². The molecule has 0 amide bonds. The van der Waals surface area contributed by atoms with E-state index >= 15 is 0 Å². The van der Waals surface area contributed by atoms with Gasteiger partial charge >= 0.3 is 0 Å². The number of fused-ring (bicyclic) bond motifs is 1. The summed E-state index contributed by atoms with van der Waals surface area (Å²) in [5.41, 5.74) is 3.40. The molecule has 0 unspecified atom stereocenters. The maximum Gasteiger partial charge on any atom is 0.170 e. The van der Waals surface area contributed by atoms with Crippen LogP contribution in [0.5, 0.6) is 0 Å². The van der Waals surface area contributed by atoms with Crippen LogP contribution in [0.1, 0.15) is 34.2 Å². The van der Waals surface area contributed by atoms with Crippen molar-refractivity contribution in [3.63, 3.8) is 0 Å². The minimum absolute atomic E-state index is 0.138. The third-order valence-electron chi connectivity index (χ3n) is 3.88. The second-order valence-electron chi connectivity index (χ2n) is 5.14. The Kier molecular flexibility index (Phi) is 3.65. The predicted molar refractivity (Wildman–Crippen MR) is 77.8 cm³/mol. The van der Waals surface area contributed by atoms with Gasteiger partial charge in [0.2, 0.25) is 0 Å². The maximum absolute atomic E-state index is 12.4. The Labute approximate surface area is 118 Å². The summed E-state index contributed by atoms with van der Waals surface area (Å²) in [6.45, 7) is 4.78. The number of carbonyl (C=O) groups is 1. The lowest BCUT2D eigenvalue weighted by Gasteiger charge is -2.17. The van der Waals surface area contributed by atoms with Crippen LogP contribution in [0.25, 0.3) is 0 Å². The smallest absolute Gasteiger partial charge is 0.170 e. The molecule has 4 heteroatoms. The van der Waals surface area contributed by atoms with Crippen molar-refractivity contribution < 1.29 is 4.79 Å². The Balaban J connectivity index is 1.80. The van der Waals surface area contributed by atoms with Crippen molar-refractivity contribution in [2.45, 2.75) is 32.9 Å². The van der Waals surface area contributed by atoms with Crippen LogP contribution >= 0.6 is 0 Å². The highest BCUT2D eigenvalue weighted by Gasteiger charge is 2.14. The number of Topliss-reactive ketones (excluding diaryl/α,β-unsaturated/α-hetero) is 1. The lowest BCUT2D eigenvalue weighted by molar-refractivity contribution is 0.0989. The summed E-state index contributed by atoms with van der Waals surface area (Å²) >= 11 is 0. The first-order valence-electron chi connectivity index (χ1n) is 7.13. The predicted octanol–water partition coefficient (Wildman–Crippen LogP) is 1.97. The Morgan fingerprint density at radius 2 is 2.30 bits per heavy atom. The number of carbonyl (C=O) groups excluding carboxylic acids is 1. The molecule has 104 valence electrons. The van der Waals surface area contributed by atoms with Crippen LogP contribution in [-0.4, -0.2) is 21.9 Å². The average molecular weight is 269 g/mol. The molecule has 1 aliphatic rings. The number of aromatic nitrogens is 2. The molecule has 0 saturated heterocycles. The topological polar surface area (TPSA) is 46.9 Å². The van der Waals surface area contributed by atoms with E-state index < -0.39 is 0 Å². The van der Waals surface area contributed by atoms with Gasteiger partial charge in [0.25, 0.3) is 0 Å². The summed E-state index contributed by atoms with van der Waals surface area (Å²) in [6, 6.07) is 6.07. The van der Waals surface area contributed by atoms with Crippen molar-refractivity contribution in [2.24, 2.45) is 0 Å². The molecule has 0 spiro atoms. The van der Waals surface area contributed by atoms with Crippen molar-refractivity contribution >= 4 is 5.78 Å². The van der Waals surface area contributed by atoms with E-state index in [0.717, 1.165) is 37.4 Å². The molecule has 0 radical (unpaired) electrons. The molecule has 1 aromatic carbocycles. The Bertz CT molecular complexity index is 630. The zero-order valence-corrected chi connectivity index (χ0v) is 11.7. The van der Waals surface area contributed by atoms with Crippen LogP contribution in [0.15, 0.2) is 30.6 Å². The number of ketones is 1. The van der Waals surface area contributed by atoms with E-state index in [1.54, 1.807) is 6.20 Å². The largest absolute Gasteiger partial charge is 0.335 e. The Morgan fingerprint density at radius 1 is 1.40 bits per heavy atom. The van der Waals surface area contributed by atoms with Crippen LogP contribution in [0, 0.1) is 0 Å². The van der Waals surface area contributed by atoms with Gasteiger partial charge in [-0.1, -0.05) is 12.1 Å². The molecule has 0 fully saturated rings. The van der Waals surface area contributed by atoms with Gasteiger partial charge in [0.1, 0.15) is 5.82 Å². The molecule has 3 rings (SSSR count). The van der Waals surface area contributed by atoms with Gasteiger partial charge in [0.15, 0.2) is 5.78 Å². The molecule has 0 saturated carbocycles. The highest BCUT2D eigenvalue weighted by molar-refractivity contribution is 5.97. The molecule has 2 heterocycles. The molecule has 0 aliphatic carbocycles. The van der Waals surface area contributed by atoms with E-state index in [1.165, 1.54) is 11.1 Å². The molecule has 1 aromatic heterocycles. The third kappa shape index (κ3) is 2.51. The minimum atomic E-state index is 0.138. The number of hydrogen-bond donors (Lipinski definition) is 1. The summed E-state index contributed by atoms with van der Waals surface area (Å²) in [7, 11) is 0. The first-order chi connectivity index (χ1) is 9.78. The van der Waals surface area contributed by atoms with Gasteiger partial charge in [-0.3, -0.25) is 4.79 Å². The number of benzene rings is 1. The summed E-state index contributed by atoms with van der Waals surface area (Å²) in [4.78, 5) is 16.7. The van der Waals surface area contributed by atoms with Crippen molar-refractivity contribution in [1.29, 1.82) is 0 Å². The van der Waals surface area contributed by atoms with Crippen LogP contribution in [-0.2, 0) is 25.9 Å². The molecule has 20 heavy (non-hydrogen) atoms. The molecule has 0 bridgehead atoms. The monoisotopic (exact) mass is 269 g/mol. The molecule has 4 nitrogen and oxygen atoms in total. The second-order valence-corrected chi connectivity index (χ2v) is 5.14. The molecule has 1 aliphatic heterocycles. The standard InChI is InChI=1S/C16H19N3O/c1-2-19-8-7-18-16(19)10-15(20)13-4-3-12-5-6-17-11-14(12)9-13/h3-4,7-9,17H,2,5-6,10-11H2,1H3. The fourth-order valence-corrected chi connectivity index (χ4v) is 2.69. The lowest BCUT2D eigenvalue weighted by Crippen LogP contribution is -2.24. The van der Waals surface area contributed by atoms with E-state index in [1.807, 2.05) is 22.9 Å². The number of aryl methyl sites for hydroxylation is 1. The van der Waals surface area contributed by atoms with E-state index in [4.69, 9.17) is 0 Å². The molecule has 0 atom stereocenters. The number of rotatable bonds is 4. The van der Waals surface area contributed by atoms with Gasteiger partial charge in [0.05, 0.1) is 6.42 Å². The van der Waals surface area contributed by atoms with Gasteiger partial charge in [0, 0.05) is 31.0 Å². The van der Waals surface area contributed by atoms with E-state index in [-0.39, 0.29) is 5.78 Å². The first-order valence-corrected chi connectivity index (χ1v) is 7.13. The second kappa shape index (κ2) is 5.59. The van der Waals surface area contributed by atoms with Crippen molar-refractivity contribution in [3.8, 4) is 0 Å². The zero-order valence-electron chi connectivity index (χ0n) is 11.7. The number of hydrogen-bond acceptors (Lipinski definition) is 3. The van der Waals surface area contributed by atoms with Gasteiger partial charge in [-0.25, -0.2) is 4.98 Å². The van der Waals surface area contributed by atoms with Crippen LogP contribution in [0.3, 0.4) is 0 Å². The van der Waals surface area contributed by atoms with Gasteiger partial charge < -0.3 is 9.88 Å². The average Bonchev–Trinajstić information content (AvgIpc) is 2.94. The quantitative estimate of drug-likeness (QED) is 0.863. The fraction of sp³-hybridized carbons (Fsp3) is 0.375. The Morgan fingerprint density at radius 3 is 3.15 bits per heavy atom. The fourth-order valence-electron chi connectivity index (χ4n) is 2.69. The van der Waals surface area contributed by atoms with Crippen molar-refractivity contribution in [2.75, 3.05) is 6.54 Å². The zero-order chi connectivity index (χ0) is 13.9. The van der Waals surface area contributed by atoms with Crippen molar-refractivity contribution in [3.05, 3.63) is 53.1 Å². The summed E-state index contributed by atoms with van der Waals surface area (Å²) < 4.78 is 2.01. The maximum atomic E-state index is 12.4. The van der Waals surface area contributed by atoms with E-state index in [2.05, 4.69) is 23.3 Å². The molecular formula is C16H19N3O. The van der Waals surface area contributed by atoms with Gasteiger partial charge in [-0.15, -0.1) is 0 Å². The van der Waals surface area contributed by atoms with E-state index in [9.17, 15) is 4.79 Å². The normalized spacial score (nSPS) is 14.1. The van der Waals surface area contributed by atoms with Crippen LogP contribution < -0.4 is 5.32 Å². The van der Waals surface area contributed by atoms with Crippen LogP contribution in [0.2, 0.25) is 0 Å². The lowest BCUT2D eigenvalue weighted by atomic mass is 9.96. The molecule has 1 N–H and O–H groups in total. The van der Waals surface area contributed by atoms with Gasteiger partial charge in [-0.2, -0.15) is 0 Å². The Hall–Kier alpha value is -1.94. The summed E-state index contributed by atoms with van der Waals surface area (Å²) in [5.74, 6) is 0.979. The third-order valence-corrected chi connectivity index (χ3v) is 3.88. The highest BCUT2D eigenvalue weighted by Crippen LogP contribution is 2.17. The summed E-state index contributed by atoms with van der Waals surface area (Å²) in [6.07, 6.45) is 5.08. The van der Waals surface area contributed by atoms with E-state index in [0.29, 0.717) is 6.42 Å². The summed E-state index contributed by atoms with van der Waals surface area (Å²) in [5, 5.41) is 3.34.